The molecule has 0 radical (unpaired) electrons. The Morgan fingerprint density at radius 3 is 1.75 bits per heavy atom. The van der Waals surface area contributed by atoms with Gasteiger partial charge in [0, 0.05) is 21.5 Å². The maximum atomic E-state index is 12.3. The molecule has 5 aromatic carbocycles. The number of hydrogen-bond donors (Lipinski definition) is 6. The quantitative estimate of drug-likeness (QED) is 0.0617. The lowest BCUT2D eigenvalue weighted by Gasteiger charge is -2.11. The van der Waals surface area contributed by atoms with Crippen molar-refractivity contribution in [3.8, 4) is 5.75 Å². The highest BCUT2D eigenvalue weighted by atomic mass is 32.2. The number of benzene rings is 5. The highest BCUT2D eigenvalue weighted by Gasteiger charge is 2.25. The van der Waals surface area contributed by atoms with Gasteiger partial charge in [0.05, 0.1) is 38.6 Å². The van der Waals surface area contributed by atoms with Gasteiger partial charge in [0.2, 0.25) is 0 Å². The van der Waals surface area contributed by atoms with Crippen LogP contribution < -0.4 is 5.73 Å². The van der Waals surface area contributed by atoms with Crippen molar-refractivity contribution < 1.29 is 57.0 Å². The van der Waals surface area contributed by atoms with Gasteiger partial charge in [0.1, 0.15) is 21.2 Å². The standard InChI is InChI=1S/C29H20N6O13S4/c30-22-12-20-14(9-26(22)51(43,44)45)10-27(52(46,47)48)28(29(20)36)35-34-25-6-5-24(19-3-1-18(11-21(19)25)50(40,41)42)33-32-16-7-15-8-17(49(37,38)39)2-4-23(15)31-13-16/h1-13,36H,30H2,(H,37,38,39)(H,40,41,42)(H,43,44,45)(H,46,47,48)/b33-32+,35-34+. The number of nitrogens with two attached hydrogens (primary N) is 1. The summed E-state index contributed by atoms with van der Waals surface area (Å²) in [5.74, 6) is -0.927. The monoisotopic (exact) mass is 788 g/mol. The molecule has 0 aliphatic carbocycles. The van der Waals surface area contributed by atoms with Gasteiger partial charge in [-0.3, -0.25) is 23.2 Å². The van der Waals surface area contributed by atoms with E-state index in [1.54, 1.807) is 0 Å². The van der Waals surface area contributed by atoms with E-state index >= 15 is 0 Å². The topological polar surface area (TPSA) is 326 Å². The molecule has 52 heavy (non-hydrogen) atoms. The van der Waals surface area contributed by atoms with Crippen LogP contribution in [0.5, 0.6) is 5.75 Å². The van der Waals surface area contributed by atoms with Crippen LogP contribution in [0.1, 0.15) is 0 Å². The molecule has 0 saturated carbocycles. The number of pyridine rings is 1. The molecule has 0 spiro atoms. The molecular weight excluding hydrogens is 769 g/mol. The molecule has 7 N–H and O–H groups in total. The minimum absolute atomic E-state index is 0.0412. The number of anilines is 1. The summed E-state index contributed by atoms with van der Waals surface area (Å²) in [6.07, 6.45) is 1.32. The average Bonchev–Trinajstić information content (AvgIpc) is 3.04. The third-order valence-electron chi connectivity index (χ3n) is 7.44. The number of hydrogen-bond acceptors (Lipinski definition) is 15. The highest BCUT2D eigenvalue weighted by molar-refractivity contribution is 7.86. The van der Waals surface area contributed by atoms with Gasteiger partial charge in [-0.2, -0.15) is 33.7 Å². The molecule has 0 saturated heterocycles. The Labute approximate surface area is 292 Å². The van der Waals surface area contributed by atoms with Gasteiger partial charge in [0.15, 0.2) is 5.75 Å². The summed E-state index contributed by atoms with van der Waals surface area (Å²) in [5, 5.41) is 26.9. The first-order valence-corrected chi connectivity index (χ1v) is 19.7. The Hall–Kier alpha value is -5.53. The lowest BCUT2D eigenvalue weighted by atomic mass is 10.1. The summed E-state index contributed by atoms with van der Waals surface area (Å²) in [6, 6.07) is 13.4. The molecular formula is C29H20N6O13S4. The highest BCUT2D eigenvalue weighted by Crippen LogP contribution is 2.44. The van der Waals surface area contributed by atoms with Crippen LogP contribution in [0.15, 0.2) is 119 Å². The third-order valence-corrected chi connectivity index (χ3v) is 10.9. The van der Waals surface area contributed by atoms with E-state index in [1.807, 2.05) is 0 Å². The average molecular weight is 789 g/mol. The second-order valence-corrected chi connectivity index (χ2v) is 16.5. The maximum Gasteiger partial charge on any atom is 0.296 e. The number of nitrogens with zero attached hydrogens (tertiary/aromatic N) is 5. The van der Waals surface area contributed by atoms with E-state index < -0.39 is 72.3 Å². The lowest BCUT2D eigenvalue weighted by Crippen LogP contribution is -2.04. The third kappa shape index (κ3) is 7.14. The van der Waals surface area contributed by atoms with E-state index in [0.29, 0.717) is 10.9 Å². The SMILES string of the molecule is Nc1cc2c(O)c(/N=N/c3ccc(/N=N/c4cnc5ccc(S(=O)(=O)O)cc5c4)c4ccc(S(=O)(=O)O)cc34)c(S(=O)(=O)O)cc2cc1S(=O)(=O)O. The minimum atomic E-state index is -5.19. The molecule has 268 valence electrons. The van der Waals surface area contributed by atoms with Gasteiger partial charge >= 0.3 is 0 Å². The van der Waals surface area contributed by atoms with Crippen LogP contribution in [-0.4, -0.2) is 62.0 Å². The van der Waals surface area contributed by atoms with Crippen molar-refractivity contribution in [3.05, 3.63) is 79.0 Å². The molecule has 0 aliphatic heterocycles. The van der Waals surface area contributed by atoms with E-state index in [-0.39, 0.29) is 43.5 Å². The Morgan fingerprint density at radius 1 is 0.538 bits per heavy atom. The van der Waals surface area contributed by atoms with Crippen LogP contribution in [-0.2, 0) is 40.5 Å². The Bertz CT molecular complexity index is 3040. The van der Waals surface area contributed by atoms with Crippen molar-refractivity contribution in [1.29, 1.82) is 0 Å². The fraction of sp³-hybridized carbons (Fsp3) is 0. The van der Waals surface area contributed by atoms with Gasteiger partial charge in [0.25, 0.3) is 40.5 Å². The van der Waals surface area contributed by atoms with E-state index in [9.17, 15) is 57.0 Å². The first-order valence-electron chi connectivity index (χ1n) is 13.9. The first-order chi connectivity index (χ1) is 24.1. The van der Waals surface area contributed by atoms with E-state index in [4.69, 9.17) is 5.73 Å². The van der Waals surface area contributed by atoms with Gasteiger partial charge in [-0.15, -0.1) is 20.5 Å². The molecule has 0 fully saturated rings. The predicted octanol–water partition coefficient (Wildman–Crippen LogP) is 5.65. The molecule has 6 aromatic rings. The smallest absolute Gasteiger partial charge is 0.296 e. The normalized spacial score (nSPS) is 13.2. The summed E-state index contributed by atoms with van der Waals surface area (Å²) in [7, 11) is -19.4. The number of azo groups is 2. The van der Waals surface area contributed by atoms with Crippen molar-refractivity contribution in [1.82, 2.24) is 4.98 Å². The number of nitrogen functional groups attached to an aromatic ring is 1. The first kappa shape index (κ1) is 36.3. The zero-order valence-electron chi connectivity index (χ0n) is 25.5. The van der Waals surface area contributed by atoms with Crippen molar-refractivity contribution in [3.63, 3.8) is 0 Å². The van der Waals surface area contributed by atoms with Crippen LogP contribution in [0.2, 0.25) is 0 Å². The molecule has 0 atom stereocenters. The Kier molecular flexibility index (Phi) is 8.79. The fourth-order valence-corrected chi connectivity index (χ4v) is 7.38. The van der Waals surface area contributed by atoms with Crippen LogP contribution in [0.25, 0.3) is 32.4 Å². The number of phenolic OH excluding ortho intramolecular Hbond substituents is 1. The van der Waals surface area contributed by atoms with Crippen LogP contribution in [0.3, 0.4) is 0 Å². The van der Waals surface area contributed by atoms with Crippen molar-refractivity contribution >= 4 is 101 Å². The predicted molar refractivity (Wildman–Crippen MR) is 183 cm³/mol. The summed E-state index contributed by atoms with van der Waals surface area (Å²) < 4.78 is 134. The second kappa shape index (κ2) is 12.6. The molecule has 1 aromatic heterocycles. The van der Waals surface area contributed by atoms with Crippen LogP contribution >= 0.6 is 0 Å². The number of aromatic hydroxyl groups is 1. The second-order valence-electron chi connectivity index (χ2n) is 10.8. The van der Waals surface area contributed by atoms with Crippen molar-refractivity contribution in [2.24, 2.45) is 20.5 Å². The molecule has 23 heteroatoms. The van der Waals surface area contributed by atoms with Gasteiger partial charge in [-0.05, 0) is 72.1 Å². The maximum absolute atomic E-state index is 12.3. The van der Waals surface area contributed by atoms with Gasteiger partial charge in [-0.1, -0.05) is 6.07 Å². The number of fused-ring (bicyclic) bond motifs is 3. The molecule has 0 bridgehead atoms. The van der Waals surface area contributed by atoms with E-state index in [2.05, 4.69) is 25.4 Å². The van der Waals surface area contributed by atoms with E-state index in [0.717, 1.165) is 30.3 Å². The Balaban J connectivity index is 1.49. The molecule has 0 aliphatic rings. The zero-order chi connectivity index (χ0) is 38.0. The van der Waals surface area contributed by atoms with E-state index in [1.165, 1.54) is 48.7 Å². The molecule has 1 heterocycles. The van der Waals surface area contributed by atoms with Crippen LogP contribution in [0.4, 0.5) is 28.4 Å². The van der Waals surface area contributed by atoms with Crippen LogP contribution in [0, 0.1) is 0 Å². The number of aromatic nitrogens is 1. The zero-order valence-corrected chi connectivity index (χ0v) is 28.7. The number of phenols is 1. The minimum Gasteiger partial charge on any atom is -0.505 e. The molecule has 0 amide bonds. The lowest BCUT2D eigenvalue weighted by molar-refractivity contribution is 0.472. The Morgan fingerprint density at radius 2 is 1.12 bits per heavy atom. The number of rotatable bonds is 8. The van der Waals surface area contributed by atoms with Crippen molar-refractivity contribution in [2.45, 2.75) is 19.6 Å². The molecule has 6 rings (SSSR count). The van der Waals surface area contributed by atoms with Gasteiger partial charge < -0.3 is 10.8 Å². The van der Waals surface area contributed by atoms with Gasteiger partial charge in [-0.25, -0.2) is 0 Å². The molecule has 19 nitrogen and oxygen atoms in total. The fourth-order valence-electron chi connectivity index (χ4n) is 5.07. The summed E-state index contributed by atoms with van der Waals surface area (Å²) >= 11 is 0. The molecule has 0 unspecified atom stereocenters. The summed E-state index contributed by atoms with van der Waals surface area (Å²) in [5.41, 5.74) is 4.80. The largest absolute Gasteiger partial charge is 0.505 e. The van der Waals surface area contributed by atoms with Crippen molar-refractivity contribution in [2.75, 3.05) is 5.73 Å². The summed E-state index contributed by atoms with van der Waals surface area (Å²) in [4.78, 5) is 1.37. The summed E-state index contributed by atoms with van der Waals surface area (Å²) in [6.45, 7) is 0.